The number of aliphatic carboxylic acids is 2. The highest BCUT2D eigenvalue weighted by molar-refractivity contribution is 6.34. The van der Waals surface area contributed by atoms with Gasteiger partial charge in [0.05, 0.1) is 47.6 Å². The number of amides is 2. The average molecular weight is 578 g/mol. The maximum absolute atomic E-state index is 13.2. The van der Waals surface area contributed by atoms with Gasteiger partial charge < -0.3 is 30.3 Å². The Hall–Kier alpha value is -4.00. The third kappa shape index (κ3) is 9.04. The summed E-state index contributed by atoms with van der Waals surface area (Å²) in [6.45, 7) is 4.43. The summed E-state index contributed by atoms with van der Waals surface area (Å²) in [5.74, 6) is -4.54. The number of anilines is 1. The summed E-state index contributed by atoms with van der Waals surface area (Å²) in [6.07, 6.45) is -0.491. The zero-order valence-electron chi connectivity index (χ0n) is 21.6. The van der Waals surface area contributed by atoms with E-state index >= 15 is 0 Å². The summed E-state index contributed by atoms with van der Waals surface area (Å²) in [5, 5.41) is 23.1. The Kier molecular flexibility index (Phi) is 11.0. The van der Waals surface area contributed by atoms with Crippen LogP contribution in [0.1, 0.15) is 29.3 Å². The molecule has 40 heavy (non-hydrogen) atoms. The molecule has 4 N–H and O–H groups in total. The molecule has 2 amide bonds. The van der Waals surface area contributed by atoms with E-state index < -0.39 is 35.7 Å². The minimum absolute atomic E-state index is 0.0233. The minimum atomic E-state index is -1.55. The van der Waals surface area contributed by atoms with Crippen LogP contribution >= 0.6 is 11.6 Å². The third-order valence-corrected chi connectivity index (χ3v) is 6.14. The van der Waals surface area contributed by atoms with Crippen LogP contribution in [0.2, 0.25) is 5.02 Å². The lowest BCUT2D eigenvalue weighted by atomic mass is 10.1. The number of carbonyl (C=O) groups excluding carboxylic acids is 2. The van der Waals surface area contributed by atoms with E-state index in [1.54, 1.807) is 19.1 Å². The Labute approximate surface area is 234 Å². The number of hydrogen-bond donors (Lipinski definition) is 4. The molecule has 2 aromatic rings. The number of nitrogens with zero attached hydrogens (tertiary/aromatic N) is 1. The highest BCUT2D eigenvalue weighted by Gasteiger charge is 2.23. The highest BCUT2D eigenvalue weighted by Crippen LogP contribution is 2.31. The van der Waals surface area contributed by atoms with E-state index in [2.05, 4.69) is 15.5 Å². The van der Waals surface area contributed by atoms with Crippen molar-refractivity contribution < 1.29 is 43.3 Å². The first kappa shape index (κ1) is 30.5. The number of hydrogen-bond acceptors (Lipinski definition) is 7. The molecule has 11 nitrogen and oxygen atoms in total. The summed E-state index contributed by atoms with van der Waals surface area (Å²) < 4.78 is 24.5. The molecule has 0 bridgehead atoms. The van der Waals surface area contributed by atoms with Crippen LogP contribution in [0.5, 0.6) is 5.75 Å². The number of ether oxygens (including phenoxy) is 2. The van der Waals surface area contributed by atoms with Gasteiger partial charge in [0.2, 0.25) is 5.91 Å². The van der Waals surface area contributed by atoms with Crippen molar-refractivity contribution in [3.8, 4) is 5.75 Å². The lowest BCUT2D eigenvalue weighted by Gasteiger charge is -2.33. The molecular weight excluding hydrogens is 549 g/mol. The molecule has 1 aliphatic rings. The minimum Gasteiger partial charge on any atom is -0.493 e. The molecule has 0 radical (unpaired) electrons. The third-order valence-electron chi connectivity index (χ3n) is 5.83. The SMILES string of the molecule is CCOc1cc(NC(=O)/C=C(/CC(=O)O)C(=O)O)c(Cl)cc1C(=O)NCC1CN(Cc2ccc(F)cc2)CCO1. The smallest absolute Gasteiger partial charge is 0.332 e. The molecule has 0 spiro atoms. The standard InChI is InChI=1S/C27H29ClFN3O8/c1-2-39-23-12-22(31-24(33)9-17(27(37)38)10-25(34)35)21(28)11-20(23)26(36)30-13-19-15-32(7-8-40-19)14-16-3-5-18(29)6-4-16/h3-6,9,11-12,19H,2,7-8,10,13-15H2,1H3,(H,30,36)(H,31,33)(H,34,35)(H,37,38)/b17-9-. The first-order chi connectivity index (χ1) is 19.0. The molecule has 1 saturated heterocycles. The molecule has 0 aliphatic carbocycles. The molecular formula is C27H29ClFN3O8. The zero-order valence-corrected chi connectivity index (χ0v) is 22.4. The molecule has 1 unspecified atom stereocenters. The summed E-state index contributed by atoms with van der Waals surface area (Å²) in [5.41, 5.74) is 0.487. The molecule has 3 rings (SSSR count). The molecule has 1 atom stereocenters. The largest absolute Gasteiger partial charge is 0.493 e. The summed E-state index contributed by atoms with van der Waals surface area (Å²) in [6, 6.07) is 8.91. The Bertz CT molecular complexity index is 1290. The predicted molar refractivity (Wildman–Crippen MR) is 143 cm³/mol. The van der Waals surface area contributed by atoms with Crippen LogP contribution in [-0.2, 0) is 25.7 Å². The fourth-order valence-electron chi connectivity index (χ4n) is 3.98. The summed E-state index contributed by atoms with van der Waals surface area (Å²) >= 11 is 6.29. The van der Waals surface area contributed by atoms with Crippen LogP contribution in [0.3, 0.4) is 0 Å². The number of rotatable bonds is 12. The number of carbonyl (C=O) groups is 4. The Morgan fingerprint density at radius 3 is 2.58 bits per heavy atom. The molecule has 1 fully saturated rings. The quantitative estimate of drug-likeness (QED) is 0.279. The second-order valence-electron chi connectivity index (χ2n) is 8.86. The summed E-state index contributed by atoms with van der Waals surface area (Å²) in [4.78, 5) is 49.6. The number of morpholine rings is 1. The fraction of sp³-hybridized carbons (Fsp3) is 0.333. The van der Waals surface area contributed by atoms with Gasteiger partial charge in [0.25, 0.3) is 5.91 Å². The maximum Gasteiger partial charge on any atom is 0.332 e. The number of halogens is 2. The van der Waals surface area contributed by atoms with Crippen LogP contribution in [0.15, 0.2) is 48.0 Å². The monoisotopic (exact) mass is 577 g/mol. The predicted octanol–water partition coefficient (Wildman–Crippen LogP) is 2.93. The second-order valence-corrected chi connectivity index (χ2v) is 9.27. The van der Waals surface area contributed by atoms with Gasteiger partial charge in [0, 0.05) is 38.3 Å². The van der Waals surface area contributed by atoms with Crippen molar-refractivity contribution in [2.45, 2.75) is 26.0 Å². The van der Waals surface area contributed by atoms with Crippen LogP contribution in [0, 0.1) is 5.82 Å². The van der Waals surface area contributed by atoms with E-state index in [0.717, 1.165) is 5.56 Å². The first-order valence-corrected chi connectivity index (χ1v) is 12.7. The molecule has 0 saturated carbocycles. The van der Waals surface area contributed by atoms with Gasteiger partial charge in [-0.1, -0.05) is 23.7 Å². The molecule has 0 aromatic heterocycles. The van der Waals surface area contributed by atoms with Crippen molar-refractivity contribution >= 4 is 41.0 Å². The zero-order chi connectivity index (χ0) is 29.2. The number of carboxylic acids is 2. The van der Waals surface area contributed by atoms with Crippen molar-refractivity contribution in [2.24, 2.45) is 0 Å². The van der Waals surface area contributed by atoms with Gasteiger partial charge in [-0.05, 0) is 30.7 Å². The molecule has 214 valence electrons. The number of nitrogens with one attached hydrogen (secondary N) is 2. The highest BCUT2D eigenvalue weighted by atomic mass is 35.5. The van der Waals surface area contributed by atoms with E-state index in [-0.39, 0.29) is 47.1 Å². The molecule has 1 heterocycles. The van der Waals surface area contributed by atoms with E-state index in [0.29, 0.717) is 32.3 Å². The Morgan fingerprint density at radius 2 is 1.93 bits per heavy atom. The number of carboxylic acid groups (broad SMARTS) is 2. The van der Waals surface area contributed by atoms with Crippen molar-refractivity contribution in [1.82, 2.24) is 10.2 Å². The lowest BCUT2D eigenvalue weighted by molar-refractivity contribution is -0.139. The molecule has 2 aromatic carbocycles. The van der Waals surface area contributed by atoms with Crippen molar-refractivity contribution in [3.63, 3.8) is 0 Å². The van der Waals surface area contributed by atoms with Crippen molar-refractivity contribution in [1.29, 1.82) is 0 Å². The van der Waals surface area contributed by atoms with Crippen LogP contribution < -0.4 is 15.4 Å². The van der Waals surface area contributed by atoms with Crippen molar-refractivity contribution in [2.75, 3.05) is 38.2 Å². The molecule has 13 heteroatoms. The van der Waals surface area contributed by atoms with E-state index in [9.17, 15) is 23.6 Å². The first-order valence-electron chi connectivity index (χ1n) is 12.3. The van der Waals surface area contributed by atoms with E-state index in [1.807, 2.05) is 0 Å². The van der Waals surface area contributed by atoms with Gasteiger partial charge in [-0.25, -0.2) is 9.18 Å². The Balaban J connectivity index is 1.66. The van der Waals surface area contributed by atoms with E-state index in [1.165, 1.54) is 24.3 Å². The Morgan fingerprint density at radius 1 is 1.20 bits per heavy atom. The van der Waals surface area contributed by atoms with E-state index in [4.69, 9.17) is 31.3 Å². The van der Waals surface area contributed by atoms with Gasteiger partial charge in [0.1, 0.15) is 11.6 Å². The van der Waals surface area contributed by atoms with Crippen LogP contribution in [-0.4, -0.2) is 77.8 Å². The maximum atomic E-state index is 13.2. The normalized spacial score (nSPS) is 15.8. The van der Waals surface area contributed by atoms with Crippen molar-refractivity contribution in [3.05, 3.63) is 70.0 Å². The topological polar surface area (TPSA) is 154 Å². The average Bonchev–Trinajstić information content (AvgIpc) is 2.90. The van der Waals surface area contributed by atoms with Gasteiger partial charge in [0.15, 0.2) is 0 Å². The second kappa shape index (κ2) is 14.4. The van der Waals surface area contributed by atoms with Crippen LogP contribution in [0.4, 0.5) is 10.1 Å². The van der Waals surface area contributed by atoms with Gasteiger partial charge >= 0.3 is 11.9 Å². The fourth-order valence-corrected chi connectivity index (χ4v) is 4.19. The lowest BCUT2D eigenvalue weighted by Crippen LogP contribution is -2.47. The van der Waals surface area contributed by atoms with Crippen LogP contribution in [0.25, 0.3) is 0 Å². The number of benzene rings is 2. The molecule has 1 aliphatic heterocycles. The summed E-state index contributed by atoms with van der Waals surface area (Å²) in [7, 11) is 0. The van der Waals surface area contributed by atoms with Gasteiger partial charge in [-0.15, -0.1) is 0 Å². The van der Waals surface area contributed by atoms with Gasteiger partial charge in [-0.2, -0.15) is 0 Å². The van der Waals surface area contributed by atoms with Gasteiger partial charge in [-0.3, -0.25) is 19.3 Å².